The minimum atomic E-state index is -0.0564. The lowest BCUT2D eigenvalue weighted by molar-refractivity contribution is 0.397. The van der Waals surface area contributed by atoms with Gasteiger partial charge in [-0.25, -0.2) is 9.97 Å². The maximum atomic E-state index is 9.42. The van der Waals surface area contributed by atoms with Crippen LogP contribution >= 0.6 is 0 Å². The van der Waals surface area contributed by atoms with Gasteiger partial charge in [0.2, 0.25) is 5.88 Å². The number of aromatic hydroxyl groups is 1. The molecule has 0 aliphatic rings. The van der Waals surface area contributed by atoms with E-state index in [1.54, 1.807) is 12.1 Å². The zero-order valence-electron chi connectivity index (χ0n) is 9.08. The summed E-state index contributed by atoms with van der Waals surface area (Å²) in [5.41, 5.74) is 1.39. The summed E-state index contributed by atoms with van der Waals surface area (Å²) in [6, 6.07) is 6.55. The summed E-state index contributed by atoms with van der Waals surface area (Å²) < 4.78 is 5.08. The molecule has 5 heteroatoms. The summed E-state index contributed by atoms with van der Waals surface area (Å²) in [5.74, 6) is 0.321. The van der Waals surface area contributed by atoms with E-state index in [0.29, 0.717) is 17.1 Å². The van der Waals surface area contributed by atoms with Crippen molar-refractivity contribution in [1.29, 1.82) is 5.26 Å². The lowest BCUT2D eigenvalue weighted by atomic mass is 10.1. The first kappa shape index (κ1) is 10.9. The molecule has 2 rings (SSSR count). The molecule has 0 amide bonds. The molecule has 1 aromatic heterocycles. The Hall–Kier alpha value is -2.61. The van der Waals surface area contributed by atoms with Gasteiger partial charge in [0.1, 0.15) is 17.5 Å². The molecule has 2 aromatic rings. The topological polar surface area (TPSA) is 79.0 Å². The van der Waals surface area contributed by atoms with E-state index >= 15 is 0 Å². The van der Waals surface area contributed by atoms with Crippen LogP contribution in [0.4, 0.5) is 0 Å². The van der Waals surface area contributed by atoms with Crippen molar-refractivity contribution in [1.82, 2.24) is 9.97 Å². The molecule has 1 heterocycles. The Labute approximate surface area is 98.0 Å². The van der Waals surface area contributed by atoms with E-state index in [1.807, 2.05) is 6.07 Å². The number of nitrogens with zero attached hydrogens (tertiary/aromatic N) is 3. The summed E-state index contributed by atoms with van der Waals surface area (Å²) in [6.45, 7) is 0. The van der Waals surface area contributed by atoms with Gasteiger partial charge in [-0.3, -0.25) is 0 Å². The molecule has 5 nitrogen and oxygen atoms in total. The maximum absolute atomic E-state index is 9.42. The Balaban J connectivity index is 2.58. The predicted octanol–water partition coefficient (Wildman–Crippen LogP) is 1.73. The molecule has 1 N–H and O–H groups in total. The van der Waals surface area contributed by atoms with Gasteiger partial charge in [-0.15, -0.1) is 0 Å². The van der Waals surface area contributed by atoms with Crippen LogP contribution in [0.15, 0.2) is 30.6 Å². The molecule has 0 radical (unpaired) electrons. The van der Waals surface area contributed by atoms with Crippen molar-refractivity contribution in [3.8, 4) is 29.0 Å². The summed E-state index contributed by atoms with van der Waals surface area (Å²) in [6.07, 6.45) is 3.06. The highest BCUT2D eigenvalue weighted by Crippen LogP contribution is 2.28. The smallest absolute Gasteiger partial charge is 0.240 e. The molecule has 0 aliphatic heterocycles. The number of rotatable bonds is 2. The third-order valence-electron chi connectivity index (χ3n) is 2.25. The van der Waals surface area contributed by atoms with Crippen molar-refractivity contribution in [3.63, 3.8) is 0 Å². The lowest BCUT2D eigenvalue weighted by Gasteiger charge is -2.06. The largest absolute Gasteiger partial charge is 0.507 e. The second-order valence-electron chi connectivity index (χ2n) is 3.26. The molecule has 0 spiro atoms. The van der Waals surface area contributed by atoms with Crippen molar-refractivity contribution >= 4 is 0 Å². The van der Waals surface area contributed by atoms with Crippen LogP contribution in [-0.4, -0.2) is 22.2 Å². The number of benzene rings is 1. The van der Waals surface area contributed by atoms with Crippen molar-refractivity contribution in [2.45, 2.75) is 0 Å². The van der Waals surface area contributed by atoms with Crippen molar-refractivity contribution in [2.24, 2.45) is 0 Å². The quantitative estimate of drug-likeness (QED) is 0.845. The van der Waals surface area contributed by atoms with Gasteiger partial charge in [0.05, 0.1) is 12.7 Å². The number of aromatic nitrogens is 2. The van der Waals surface area contributed by atoms with Crippen LogP contribution in [0.2, 0.25) is 0 Å². The first-order valence-electron chi connectivity index (χ1n) is 4.84. The van der Waals surface area contributed by atoms with Gasteiger partial charge in [0.25, 0.3) is 0 Å². The predicted molar refractivity (Wildman–Crippen MR) is 60.4 cm³/mol. The number of hydrogen-bond donors (Lipinski definition) is 1. The van der Waals surface area contributed by atoms with Crippen molar-refractivity contribution < 1.29 is 9.84 Å². The SMILES string of the molecule is COc1nccnc1-c1ccc(O)c(C#N)c1. The fourth-order valence-corrected chi connectivity index (χ4v) is 1.45. The molecule has 0 aliphatic carbocycles. The highest BCUT2D eigenvalue weighted by Gasteiger charge is 2.10. The minimum absolute atomic E-state index is 0.0564. The van der Waals surface area contributed by atoms with Gasteiger partial charge in [-0.1, -0.05) is 0 Å². The second-order valence-corrected chi connectivity index (χ2v) is 3.26. The fraction of sp³-hybridized carbons (Fsp3) is 0.0833. The van der Waals surface area contributed by atoms with Gasteiger partial charge < -0.3 is 9.84 Å². The molecule has 1 aromatic carbocycles. The zero-order chi connectivity index (χ0) is 12.3. The highest BCUT2D eigenvalue weighted by atomic mass is 16.5. The Morgan fingerprint density at radius 2 is 2.06 bits per heavy atom. The molecule has 0 unspecified atom stereocenters. The molecule has 0 atom stereocenters. The lowest BCUT2D eigenvalue weighted by Crippen LogP contribution is -1.94. The van der Waals surface area contributed by atoms with Crippen LogP contribution in [0, 0.1) is 11.3 Å². The third-order valence-corrected chi connectivity index (χ3v) is 2.25. The normalized spacial score (nSPS) is 9.65. The average Bonchev–Trinajstić information content (AvgIpc) is 2.39. The third kappa shape index (κ3) is 2.01. The van der Waals surface area contributed by atoms with E-state index in [-0.39, 0.29) is 11.3 Å². The minimum Gasteiger partial charge on any atom is -0.507 e. The van der Waals surface area contributed by atoms with Crippen LogP contribution in [0.1, 0.15) is 5.56 Å². The average molecular weight is 227 g/mol. The van der Waals surface area contributed by atoms with Crippen LogP contribution in [0.25, 0.3) is 11.3 Å². The Bertz CT molecular complexity index is 591. The van der Waals surface area contributed by atoms with Gasteiger partial charge in [0, 0.05) is 18.0 Å². The van der Waals surface area contributed by atoms with E-state index in [2.05, 4.69) is 9.97 Å². The van der Waals surface area contributed by atoms with Crippen LogP contribution < -0.4 is 4.74 Å². The second kappa shape index (κ2) is 4.49. The monoisotopic (exact) mass is 227 g/mol. The first-order chi connectivity index (χ1) is 8.26. The summed E-state index contributed by atoms with van der Waals surface area (Å²) >= 11 is 0. The molecular formula is C12H9N3O2. The van der Waals surface area contributed by atoms with Gasteiger partial charge in [-0.05, 0) is 18.2 Å². The number of nitriles is 1. The number of methoxy groups -OCH3 is 1. The molecule has 17 heavy (non-hydrogen) atoms. The zero-order valence-corrected chi connectivity index (χ0v) is 9.08. The van der Waals surface area contributed by atoms with E-state index < -0.39 is 0 Å². The van der Waals surface area contributed by atoms with E-state index in [0.717, 1.165) is 0 Å². The molecule has 0 fully saturated rings. The van der Waals surface area contributed by atoms with Gasteiger partial charge in [0.15, 0.2) is 0 Å². The number of phenolic OH excluding ortho intramolecular Hbond substituents is 1. The number of phenols is 1. The Morgan fingerprint density at radius 1 is 1.29 bits per heavy atom. The Kier molecular flexibility index (Phi) is 2.88. The van der Waals surface area contributed by atoms with Crippen LogP contribution in [0.5, 0.6) is 11.6 Å². The van der Waals surface area contributed by atoms with Crippen LogP contribution in [-0.2, 0) is 0 Å². The molecule has 0 saturated carbocycles. The van der Waals surface area contributed by atoms with Crippen molar-refractivity contribution in [3.05, 3.63) is 36.2 Å². The molecule has 0 bridgehead atoms. The number of ether oxygens (including phenoxy) is 1. The van der Waals surface area contributed by atoms with E-state index in [1.165, 1.54) is 25.6 Å². The first-order valence-corrected chi connectivity index (χ1v) is 4.84. The highest BCUT2D eigenvalue weighted by molar-refractivity contribution is 5.67. The van der Waals surface area contributed by atoms with E-state index in [4.69, 9.17) is 10.00 Å². The number of hydrogen-bond acceptors (Lipinski definition) is 5. The van der Waals surface area contributed by atoms with Gasteiger partial charge >= 0.3 is 0 Å². The molecule has 0 saturated heterocycles. The fourth-order valence-electron chi connectivity index (χ4n) is 1.45. The van der Waals surface area contributed by atoms with Gasteiger partial charge in [-0.2, -0.15) is 5.26 Å². The summed E-state index contributed by atoms with van der Waals surface area (Å²) in [7, 11) is 1.50. The molecule has 84 valence electrons. The van der Waals surface area contributed by atoms with Crippen molar-refractivity contribution in [2.75, 3.05) is 7.11 Å². The van der Waals surface area contributed by atoms with E-state index in [9.17, 15) is 5.11 Å². The van der Waals surface area contributed by atoms with Crippen LogP contribution in [0.3, 0.4) is 0 Å². The standard InChI is InChI=1S/C12H9N3O2/c1-17-12-11(14-4-5-15-12)8-2-3-10(16)9(6-8)7-13/h2-6,16H,1H3. The summed E-state index contributed by atoms with van der Waals surface area (Å²) in [5, 5.41) is 18.3. The Morgan fingerprint density at radius 3 is 2.76 bits per heavy atom. The summed E-state index contributed by atoms with van der Waals surface area (Å²) in [4.78, 5) is 8.17. The molecular weight excluding hydrogens is 218 g/mol. The maximum Gasteiger partial charge on any atom is 0.240 e.